The molecule has 2 rings (SSSR count). The van der Waals surface area contributed by atoms with Crippen LogP contribution in [0.4, 0.5) is 0 Å². The Balaban J connectivity index is 2.28. The number of nitrogens with zero attached hydrogens (tertiary/aromatic N) is 1. The molecule has 0 atom stereocenters. The van der Waals surface area contributed by atoms with Crippen molar-refractivity contribution in [2.24, 2.45) is 0 Å². The number of hydrogen-bond donors (Lipinski definition) is 1. The van der Waals surface area contributed by atoms with Gasteiger partial charge in [-0.15, -0.1) is 0 Å². The molecule has 0 spiro atoms. The highest BCUT2D eigenvalue weighted by Gasteiger charge is 2.16. The molecule has 0 radical (unpaired) electrons. The molecule has 1 aromatic heterocycles. The topological polar surface area (TPSA) is 59.3 Å². The van der Waals surface area contributed by atoms with Crippen LogP contribution in [0.2, 0.25) is 0 Å². The molecule has 1 fully saturated rings. The van der Waals surface area contributed by atoms with E-state index >= 15 is 0 Å². The predicted octanol–water partition coefficient (Wildman–Crippen LogP) is 2.05. The lowest BCUT2D eigenvalue weighted by atomic mass is 9.95. The number of hydrogen-bond acceptors (Lipinski definition) is 2. The van der Waals surface area contributed by atoms with Gasteiger partial charge >= 0.3 is 5.97 Å². The summed E-state index contributed by atoms with van der Waals surface area (Å²) in [4.78, 5) is 22.4. The molecule has 86 valence electrons. The van der Waals surface area contributed by atoms with Gasteiger partial charge in [0.2, 0.25) is 0 Å². The van der Waals surface area contributed by atoms with E-state index in [1.165, 1.54) is 18.6 Å². The van der Waals surface area contributed by atoms with Crippen LogP contribution in [0.25, 0.3) is 0 Å². The van der Waals surface area contributed by atoms with Gasteiger partial charge in [0.15, 0.2) is 0 Å². The Morgan fingerprint density at radius 1 is 1.31 bits per heavy atom. The normalized spacial score (nSPS) is 17.2. The maximum atomic E-state index is 11.7. The monoisotopic (exact) mass is 221 g/mol. The molecule has 0 amide bonds. The van der Waals surface area contributed by atoms with E-state index in [2.05, 4.69) is 0 Å². The summed E-state index contributed by atoms with van der Waals surface area (Å²) >= 11 is 0. The first-order chi connectivity index (χ1) is 7.68. The van der Waals surface area contributed by atoms with Crippen molar-refractivity contribution in [3.8, 4) is 0 Å². The lowest BCUT2D eigenvalue weighted by Gasteiger charge is -2.23. The Bertz CT molecular complexity index is 444. The smallest absolute Gasteiger partial charge is 0.335 e. The highest BCUT2D eigenvalue weighted by molar-refractivity contribution is 5.87. The van der Waals surface area contributed by atoms with Crippen molar-refractivity contribution >= 4 is 5.97 Å². The summed E-state index contributed by atoms with van der Waals surface area (Å²) in [5.74, 6) is -1.05. The van der Waals surface area contributed by atoms with Gasteiger partial charge in [-0.25, -0.2) is 4.79 Å². The highest BCUT2D eigenvalue weighted by Crippen LogP contribution is 2.26. The molecule has 0 aromatic carbocycles. The quantitative estimate of drug-likeness (QED) is 0.831. The van der Waals surface area contributed by atoms with Gasteiger partial charge in [-0.1, -0.05) is 19.3 Å². The first kappa shape index (κ1) is 10.9. The predicted molar refractivity (Wildman–Crippen MR) is 59.8 cm³/mol. The average Bonchev–Trinajstić information content (AvgIpc) is 2.30. The van der Waals surface area contributed by atoms with Crippen molar-refractivity contribution in [3.63, 3.8) is 0 Å². The molecular formula is C12H15NO3. The zero-order valence-electron chi connectivity index (χ0n) is 9.06. The Morgan fingerprint density at radius 2 is 2.00 bits per heavy atom. The Labute approximate surface area is 93.5 Å². The minimum absolute atomic E-state index is 0.0667. The number of rotatable bonds is 2. The van der Waals surface area contributed by atoms with Crippen molar-refractivity contribution in [3.05, 3.63) is 34.2 Å². The zero-order chi connectivity index (χ0) is 11.5. The lowest BCUT2D eigenvalue weighted by Crippen LogP contribution is -2.26. The van der Waals surface area contributed by atoms with Crippen LogP contribution >= 0.6 is 0 Å². The number of pyridine rings is 1. The van der Waals surface area contributed by atoms with E-state index in [-0.39, 0.29) is 17.2 Å². The van der Waals surface area contributed by atoms with Gasteiger partial charge in [-0.3, -0.25) is 4.79 Å². The molecule has 1 aliphatic carbocycles. The van der Waals surface area contributed by atoms with E-state index in [1.807, 2.05) is 0 Å². The maximum absolute atomic E-state index is 11.7. The van der Waals surface area contributed by atoms with Crippen molar-refractivity contribution in [1.29, 1.82) is 0 Å². The maximum Gasteiger partial charge on any atom is 0.335 e. The molecule has 1 heterocycles. The van der Waals surface area contributed by atoms with E-state index < -0.39 is 5.97 Å². The fourth-order valence-corrected chi connectivity index (χ4v) is 2.28. The molecule has 1 saturated carbocycles. The molecule has 1 aromatic rings. The molecule has 1 aliphatic rings. The summed E-state index contributed by atoms with van der Waals surface area (Å²) < 4.78 is 1.67. The van der Waals surface area contributed by atoms with Gasteiger partial charge in [-0.2, -0.15) is 0 Å². The van der Waals surface area contributed by atoms with Crippen LogP contribution in [0.1, 0.15) is 48.5 Å². The molecule has 4 heteroatoms. The summed E-state index contributed by atoms with van der Waals surface area (Å²) in [7, 11) is 0. The summed E-state index contributed by atoms with van der Waals surface area (Å²) in [5, 5.41) is 8.76. The van der Waals surface area contributed by atoms with Crippen LogP contribution in [0.15, 0.2) is 23.1 Å². The average molecular weight is 221 g/mol. The van der Waals surface area contributed by atoms with Crippen LogP contribution in [0.5, 0.6) is 0 Å². The van der Waals surface area contributed by atoms with Gasteiger partial charge in [0.05, 0.1) is 5.56 Å². The second-order valence-electron chi connectivity index (χ2n) is 4.26. The van der Waals surface area contributed by atoms with Crippen LogP contribution in [-0.4, -0.2) is 15.6 Å². The van der Waals surface area contributed by atoms with Gasteiger partial charge < -0.3 is 9.67 Å². The lowest BCUT2D eigenvalue weighted by molar-refractivity contribution is 0.0696. The number of carboxylic acid groups (broad SMARTS) is 1. The van der Waals surface area contributed by atoms with Gasteiger partial charge in [-0.05, 0) is 18.9 Å². The van der Waals surface area contributed by atoms with Crippen LogP contribution in [0, 0.1) is 0 Å². The molecule has 0 saturated heterocycles. The van der Waals surface area contributed by atoms with E-state index in [4.69, 9.17) is 5.11 Å². The van der Waals surface area contributed by atoms with Crippen molar-refractivity contribution in [2.75, 3.05) is 0 Å². The first-order valence-corrected chi connectivity index (χ1v) is 5.64. The summed E-state index contributed by atoms with van der Waals surface area (Å²) in [6, 6.07) is 2.96. The third-order valence-corrected chi connectivity index (χ3v) is 3.16. The molecule has 16 heavy (non-hydrogen) atoms. The number of aromatic carboxylic acids is 1. The molecule has 0 bridgehead atoms. The largest absolute Gasteiger partial charge is 0.478 e. The molecule has 0 aliphatic heterocycles. The third kappa shape index (κ3) is 2.15. The highest BCUT2D eigenvalue weighted by atomic mass is 16.4. The second kappa shape index (κ2) is 4.51. The first-order valence-electron chi connectivity index (χ1n) is 5.64. The standard InChI is InChI=1S/C12H15NO3/c14-11-8-9(12(15)16)6-7-13(11)10-4-2-1-3-5-10/h6-8,10H,1-5H2,(H,15,16). The van der Waals surface area contributed by atoms with Crippen molar-refractivity contribution in [2.45, 2.75) is 38.1 Å². The van der Waals surface area contributed by atoms with Crippen LogP contribution in [0.3, 0.4) is 0 Å². The molecule has 0 unspecified atom stereocenters. The van der Waals surface area contributed by atoms with Crippen molar-refractivity contribution < 1.29 is 9.90 Å². The number of carbonyl (C=O) groups is 1. The van der Waals surface area contributed by atoms with Crippen molar-refractivity contribution in [1.82, 2.24) is 4.57 Å². The minimum Gasteiger partial charge on any atom is -0.478 e. The fraction of sp³-hybridized carbons (Fsp3) is 0.500. The second-order valence-corrected chi connectivity index (χ2v) is 4.26. The summed E-state index contributed by atoms with van der Waals surface area (Å²) in [6.07, 6.45) is 7.19. The zero-order valence-corrected chi connectivity index (χ0v) is 9.06. The van der Waals surface area contributed by atoms with Gasteiger partial charge in [0.1, 0.15) is 0 Å². The van der Waals surface area contributed by atoms with Gasteiger partial charge in [0, 0.05) is 18.3 Å². The van der Waals surface area contributed by atoms with Crippen LogP contribution in [-0.2, 0) is 0 Å². The minimum atomic E-state index is -1.05. The third-order valence-electron chi connectivity index (χ3n) is 3.16. The number of aromatic nitrogens is 1. The van der Waals surface area contributed by atoms with Gasteiger partial charge in [0.25, 0.3) is 5.56 Å². The van der Waals surface area contributed by atoms with Crippen LogP contribution < -0.4 is 5.56 Å². The Kier molecular flexibility index (Phi) is 3.08. The number of carboxylic acids is 1. The Hall–Kier alpha value is -1.58. The fourth-order valence-electron chi connectivity index (χ4n) is 2.28. The molecule has 1 N–H and O–H groups in total. The van der Waals surface area contributed by atoms with E-state index in [0.29, 0.717) is 0 Å². The molecule has 4 nitrogen and oxygen atoms in total. The van der Waals surface area contributed by atoms with E-state index in [1.54, 1.807) is 10.8 Å². The van der Waals surface area contributed by atoms with E-state index in [9.17, 15) is 9.59 Å². The summed E-state index contributed by atoms with van der Waals surface area (Å²) in [6.45, 7) is 0. The molecular weight excluding hydrogens is 206 g/mol. The summed E-state index contributed by atoms with van der Waals surface area (Å²) in [5.41, 5.74) is -0.135. The van der Waals surface area contributed by atoms with E-state index in [0.717, 1.165) is 25.7 Å². The Morgan fingerprint density at radius 3 is 2.56 bits per heavy atom. The SMILES string of the molecule is O=C(O)c1ccn(C2CCCCC2)c(=O)c1.